The van der Waals surface area contributed by atoms with Crippen molar-refractivity contribution in [1.29, 1.82) is 0 Å². The molecule has 10 nitrogen and oxygen atoms in total. The van der Waals surface area contributed by atoms with Crippen molar-refractivity contribution in [2.75, 3.05) is 11.5 Å². The molecule has 0 fully saturated rings. The molecule has 0 aliphatic heterocycles. The minimum atomic E-state index is -0.690. The van der Waals surface area contributed by atoms with Crippen LogP contribution in [-0.2, 0) is 0 Å². The number of primary amides is 1. The van der Waals surface area contributed by atoms with Crippen LogP contribution in [0, 0.1) is 0 Å². The van der Waals surface area contributed by atoms with Crippen LogP contribution in [0.1, 0.15) is 10.5 Å². The molecule has 0 atom stereocenters. The molecule has 0 saturated heterocycles. The Bertz CT molecular complexity index is 560. The number of carbonyl (C=O) groups excluding carboxylic acids is 1. The number of nitrogens with two attached hydrogens (primary N) is 3. The summed E-state index contributed by atoms with van der Waals surface area (Å²) in [6.07, 6.45) is 1.27. The lowest BCUT2D eigenvalue weighted by Crippen LogP contribution is -2.11. The number of nitrogens with one attached hydrogen (secondary N) is 2. The number of imidazole rings is 1. The van der Waals surface area contributed by atoms with E-state index < -0.39 is 5.91 Å². The van der Waals surface area contributed by atoms with Crippen LogP contribution in [0.4, 0.5) is 23.1 Å². The largest absolute Gasteiger partial charge is 0.382 e. The molecule has 0 spiro atoms. The topological polar surface area (TPSA) is 177 Å². The lowest BCUT2D eigenvalue weighted by atomic mass is 10.4. The van der Waals surface area contributed by atoms with E-state index in [9.17, 15) is 4.79 Å². The first-order valence-corrected chi connectivity index (χ1v) is 4.44. The number of nitrogen functional groups attached to an aromatic ring is 2. The Morgan fingerprint density at radius 1 is 1.35 bits per heavy atom. The molecule has 0 radical (unpaired) electrons. The highest BCUT2D eigenvalue weighted by Crippen LogP contribution is 2.28. The van der Waals surface area contributed by atoms with Gasteiger partial charge < -0.3 is 22.2 Å². The maximum absolute atomic E-state index is 11.0. The maximum Gasteiger partial charge on any atom is 0.269 e. The summed E-state index contributed by atoms with van der Waals surface area (Å²) in [7, 11) is 0. The summed E-state index contributed by atoms with van der Waals surface area (Å²) in [5.41, 5.74) is 16.3. The van der Waals surface area contributed by atoms with Gasteiger partial charge in [0.05, 0.1) is 6.33 Å². The van der Waals surface area contributed by atoms with Crippen LogP contribution < -0.4 is 17.2 Å². The lowest BCUT2D eigenvalue weighted by molar-refractivity contribution is 0.0997. The fourth-order valence-corrected chi connectivity index (χ4v) is 1.11. The number of nitrogens with zero attached hydrogens (tertiary/aromatic N) is 4. The van der Waals surface area contributed by atoms with Gasteiger partial charge in [-0.15, -0.1) is 10.2 Å². The summed E-state index contributed by atoms with van der Waals surface area (Å²) in [4.78, 5) is 17.3. The summed E-state index contributed by atoms with van der Waals surface area (Å²) >= 11 is 0. The summed E-state index contributed by atoms with van der Waals surface area (Å²) in [5.74, 6) is -0.369. The predicted octanol–water partition coefficient (Wildman–Crippen LogP) is -0.189. The van der Waals surface area contributed by atoms with Gasteiger partial charge in [0.1, 0.15) is 5.82 Å². The van der Waals surface area contributed by atoms with Crippen molar-refractivity contribution >= 4 is 29.0 Å². The normalized spacial score (nSPS) is 11.1. The van der Waals surface area contributed by atoms with Gasteiger partial charge in [0.2, 0.25) is 5.82 Å². The highest BCUT2D eigenvalue weighted by Gasteiger charge is 2.11. The third-order valence-corrected chi connectivity index (χ3v) is 1.90. The standard InChI is InChI=1S/C7H9N9O/c8-4-2(5(9)15-14-4)13-16-7-3(6(10)17)11-1-12-7/h1H,(H2,10,17)(H,11,12)(H5,8,9,14,15). The Balaban J connectivity index is 2.32. The number of rotatable bonds is 3. The first-order valence-electron chi connectivity index (χ1n) is 4.44. The number of azo groups is 1. The predicted molar refractivity (Wildman–Crippen MR) is 58.7 cm³/mol. The van der Waals surface area contributed by atoms with E-state index in [1.807, 2.05) is 0 Å². The first-order chi connectivity index (χ1) is 8.09. The third-order valence-electron chi connectivity index (χ3n) is 1.90. The Kier molecular flexibility index (Phi) is 2.45. The highest BCUT2D eigenvalue weighted by atomic mass is 16.1. The number of hydrogen-bond acceptors (Lipinski definition) is 7. The van der Waals surface area contributed by atoms with Crippen molar-refractivity contribution in [3.05, 3.63) is 12.0 Å². The number of anilines is 2. The molecular weight excluding hydrogens is 226 g/mol. The fourth-order valence-electron chi connectivity index (χ4n) is 1.11. The van der Waals surface area contributed by atoms with Gasteiger partial charge >= 0.3 is 0 Å². The Morgan fingerprint density at radius 3 is 2.71 bits per heavy atom. The highest BCUT2D eigenvalue weighted by molar-refractivity contribution is 5.94. The number of amides is 1. The van der Waals surface area contributed by atoms with Crippen molar-refractivity contribution in [3.63, 3.8) is 0 Å². The second kappa shape index (κ2) is 3.92. The number of H-pyrrole nitrogens is 2. The average Bonchev–Trinajstić information content (AvgIpc) is 2.85. The van der Waals surface area contributed by atoms with Crippen LogP contribution in [0.5, 0.6) is 0 Å². The van der Waals surface area contributed by atoms with Gasteiger partial charge in [-0.05, 0) is 0 Å². The Hall–Kier alpha value is -2.91. The summed E-state index contributed by atoms with van der Waals surface area (Å²) < 4.78 is 0. The van der Waals surface area contributed by atoms with Crippen molar-refractivity contribution in [2.45, 2.75) is 0 Å². The van der Waals surface area contributed by atoms with Gasteiger partial charge in [0.25, 0.3) is 5.91 Å². The van der Waals surface area contributed by atoms with E-state index in [4.69, 9.17) is 17.2 Å². The summed E-state index contributed by atoms with van der Waals surface area (Å²) in [6.45, 7) is 0. The monoisotopic (exact) mass is 235 g/mol. The van der Waals surface area contributed by atoms with Crippen molar-refractivity contribution < 1.29 is 4.79 Å². The number of carbonyl (C=O) groups is 1. The zero-order valence-corrected chi connectivity index (χ0v) is 8.51. The third kappa shape index (κ3) is 1.90. The van der Waals surface area contributed by atoms with Gasteiger partial charge in [0, 0.05) is 0 Å². The summed E-state index contributed by atoms with van der Waals surface area (Å²) in [6, 6.07) is 0. The average molecular weight is 235 g/mol. The molecule has 2 aromatic heterocycles. The lowest BCUT2D eigenvalue weighted by Gasteiger charge is -1.91. The van der Waals surface area contributed by atoms with E-state index >= 15 is 0 Å². The van der Waals surface area contributed by atoms with Gasteiger partial charge in [-0.25, -0.2) is 4.98 Å². The van der Waals surface area contributed by atoms with Crippen molar-refractivity contribution in [1.82, 2.24) is 20.2 Å². The second-order valence-corrected chi connectivity index (χ2v) is 3.04. The van der Waals surface area contributed by atoms with Crippen LogP contribution in [0.15, 0.2) is 16.6 Å². The van der Waals surface area contributed by atoms with Crippen LogP contribution >= 0.6 is 0 Å². The second-order valence-electron chi connectivity index (χ2n) is 3.04. The maximum atomic E-state index is 11.0. The van der Waals surface area contributed by atoms with Crippen LogP contribution in [-0.4, -0.2) is 26.1 Å². The van der Waals surface area contributed by atoms with E-state index in [0.29, 0.717) is 0 Å². The number of hydrogen-bond donors (Lipinski definition) is 5. The molecule has 10 heteroatoms. The molecule has 2 aromatic rings. The molecule has 8 N–H and O–H groups in total. The molecule has 0 aromatic carbocycles. The number of aromatic amines is 2. The summed E-state index contributed by atoms with van der Waals surface area (Å²) in [5, 5.41) is 13.5. The van der Waals surface area contributed by atoms with Crippen LogP contribution in [0.2, 0.25) is 0 Å². The zero-order valence-electron chi connectivity index (χ0n) is 8.51. The SMILES string of the molecule is NC(=O)c1[nH]cnc1N=Nc1c(N)n[nH]c1N. The molecule has 0 bridgehead atoms. The Labute approximate surface area is 94.3 Å². The van der Waals surface area contributed by atoms with E-state index in [1.165, 1.54) is 6.33 Å². The van der Waals surface area contributed by atoms with Gasteiger partial charge in [0.15, 0.2) is 17.2 Å². The quantitative estimate of drug-likeness (QED) is 0.462. The number of aromatic nitrogens is 4. The fraction of sp³-hybridized carbons (Fsp3) is 0. The molecule has 0 saturated carbocycles. The zero-order chi connectivity index (χ0) is 12.4. The van der Waals surface area contributed by atoms with Crippen molar-refractivity contribution in [3.8, 4) is 0 Å². The molecular formula is C7H9N9O. The first kappa shape index (κ1) is 10.6. The smallest absolute Gasteiger partial charge is 0.269 e. The van der Waals surface area contributed by atoms with E-state index in [2.05, 4.69) is 30.4 Å². The Morgan fingerprint density at radius 2 is 2.12 bits per heavy atom. The molecule has 88 valence electrons. The van der Waals surface area contributed by atoms with Gasteiger partial charge in [-0.3, -0.25) is 9.89 Å². The molecule has 2 heterocycles. The minimum absolute atomic E-state index is 0.0504. The van der Waals surface area contributed by atoms with E-state index in [-0.39, 0.29) is 28.8 Å². The van der Waals surface area contributed by atoms with Gasteiger partial charge in [-0.2, -0.15) is 5.10 Å². The van der Waals surface area contributed by atoms with Crippen LogP contribution in [0.3, 0.4) is 0 Å². The molecule has 0 unspecified atom stereocenters. The molecule has 2 rings (SSSR count). The molecule has 0 aliphatic rings. The minimum Gasteiger partial charge on any atom is -0.382 e. The van der Waals surface area contributed by atoms with E-state index in [0.717, 1.165) is 0 Å². The van der Waals surface area contributed by atoms with E-state index in [1.54, 1.807) is 0 Å². The van der Waals surface area contributed by atoms with Crippen LogP contribution in [0.25, 0.3) is 0 Å². The molecule has 0 aliphatic carbocycles. The molecule has 1 amide bonds. The molecule has 17 heavy (non-hydrogen) atoms. The van der Waals surface area contributed by atoms with Gasteiger partial charge in [-0.1, -0.05) is 0 Å². The van der Waals surface area contributed by atoms with Crippen molar-refractivity contribution in [2.24, 2.45) is 16.0 Å².